The first-order valence-corrected chi connectivity index (χ1v) is 8.19. The number of ether oxygens (including phenoxy) is 1. The van der Waals surface area contributed by atoms with Crippen molar-refractivity contribution in [2.45, 2.75) is 12.8 Å². The fourth-order valence-electron chi connectivity index (χ4n) is 3.04. The molecule has 3 rings (SSSR count). The number of aryl methyl sites for hydroxylation is 1. The lowest BCUT2D eigenvalue weighted by Crippen LogP contribution is -2.37. The number of methoxy groups -OCH3 is 1. The summed E-state index contributed by atoms with van der Waals surface area (Å²) >= 11 is 0. The number of benzene rings is 2. The average molecular weight is 360 g/mol. The van der Waals surface area contributed by atoms with E-state index in [-0.39, 0.29) is 12.5 Å². The Hall–Kier alpha value is -2.80. The summed E-state index contributed by atoms with van der Waals surface area (Å²) in [5.41, 5.74) is 1.43. The minimum atomic E-state index is -0.920. The minimum absolute atomic E-state index is 0.00944. The second-order valence-electron chi connectivity index (χ2n) is 5.98. The third kappa shape index (κ3) is 3.57. The van der Waals surface area contributed by atoms with Crippen molar-refractivity contribution in [2.75, 3.05) is 30.5 Å². The summed E-state index contributed by atoms with van der Waals surface area (Å²) in [6.07, 6.45) is 1.52. The molecular weight excluding hydrogens is 342 g/mol. The quantitative estimate of drug-likeness (QED) is 0.911. The molecule has 0 radical (unpaired) electrons. The number of nitrogens with zero attached hydrogens (tertiary/aromatic N) is 1. The fraction of sp³-hybridized carbons (Fsp3) is 0.263. The van der Waals surface area contributed by atoms with E-state index in [1.54, 1.807) is 23.1 Å². The standard InChI is InChI=1S/C19H18F2N2O3/c1-26-11-17(24)23-9-3-4-12-10-13(7-8-16(12)23)22-19(25)18-14(20)5-2-6-15(18)21/h2,5-8,10H,3-4,9,11H2,1H3,(H,22,25). The Balaban J connectivity index is 1.83. The maximum atomic E-state index is 13.7. The van der Waals surface area contributed by atoms with E-state index >= 15 is 0 Å². The van der Waals surface area contributed by atoms with Crippen LogP contribution in [-0.2, 0) is 16.0 Å². The third-order valence-electron chi connectivity index (χ3n) is 4.21. The van der Waals surface area contributed by atoms with Crippen molar-refractivity contribution in [1.82, 2.24) is 0 Å². The first kappa shape index (κ1) is 18.0. The van der Waals surface area contributed by atoms with E-state index < -0.39 is 23.1 Å². The highest BCUT2D eigenvalue weighted by molar-refractivity contribution is 6.05. The van der Waals surface area contributed by atoms with E-state index in [2.05, 4.69) is 5.32 Å². The van der Waals surface area contributed by atoms with Crippen LogP contribution in [0.5, 0.6) is 0 Å². The van der Waals surface area contributed by atoms with Crippen molar-refractivity contribution in [3.63, 3.8) is 0 Å². The van der Waals surface area contributed by atoms with Gasteiger partial charge in [-0.3, -0.25) is 9.59 Å². The number of rotatable bonds is 4. The maximum Gasteiger partial charge on any atom is 0.261 e. The molecule has 0 atom stereocenters. The molecule has 1 aliphatic rings. The van der Waals surface area contributed by atoms with Crippen LogP contribution in [0.4, 0.5) is 20.2 Å². The Kier molecular flexibility index (Phi) is 5.27. The minimum Gasteiger partial charge on any atom is -0.375 e. The molecule has 0 spiro atoms. The van der Waals surface area contributed by atoms with Gasteiger partial charge in [0, 0.05) is 25.0 Å². The summed E-state index contributed by atoms with van der Waals surface area (Å²) < 4.78 is 32.4. The lowest BCUT2D eigenvalue weighted by molar-refractivity contribution is -0.122. The molecular formula is C19H18F2N2O3. The molecule has 0 aliphatic carbocycles. The smallest absolute Gasteiger partial charge is 0.261 e. The molecule has 26 heavy (non-hydrogen) atoms. The zero-order chi connectivity index (χ0) is 18.7. The molecule has 2 amide bonds. The molecule has 2 aromatic rings. The number of anilines is 2. The van der Waals surface area contributed by atoms with E-state index in [4.69, 9.17) is 4.74 Å². The molecule has 1 aliphatic heterocycles. The molecule has 0 saturated carbocycles. The van der Waals surface area contributed by atoms with Gasteiger partial charge in [0.15, 0.2) is 0 Å². The first-order valence-electron chi connectivity index (χ1n) is 8.19. The Labute approximate surface area is 149 Å². The zero-order valence-corrected chi connectivity index (χ0v) is 14.2. The van der Waals surface area contributed by atoms with Crippen molar-refractivity contribution >= 4 is 23.2 Å². The van der Waals surface area contributed by atoms with Gasteiger partial charge in [0.25, 0.3) is 11.8 Å². The number of hydrogen-bond donors (Lipinski definition) is 1. The van der Waals surface area contributed by atoms with Gasteiger partial charge in [-0.05, 0) is 48.7 Å². The van der Waals surface area contributed by atoms with Crippen LogP contribution in [0, 0.1) is 11.6 Å². The van der Waals surface area contributed by atoms with Crippen molar-refractivity contribution in [2.24, 2.45) is 0 Å². The summed E-state index contributed by atoms with van der Waals surface area (Å²) in [6, 6.07) is 8.31. The van der Waals surface area contributed by atoms with E-state index in [1.165, 1.54) is 13.2 Å². The van der Waals surface area contributed by atoms with E-state index in [9.17, 15) is 18.4 Å². The number of carbonyl (C=O) groups is 2. The van der Waals surface area contributed by atoms with Crippen LogP contribution in [0.2, 0.25) is 0 Å². The lowest BCUT2D eigenvalue weighted by atomic mass is 10.0. The van der Waals surface area contributed by atoms with Gasteiger partial charge in [-0.2, -0.15) is 0 Å². The van der Waals surface area contributed by atoms with Crippen molar-refractivity contribution < 1.29 is 23.1 Å². The van der Waals surface area contributed by atoms with E-state index in [0.717, 1.165) is 36.2 Å². The highest BCUT2D eigenvalue weighted by Gasteiger charge is 2.23. The summed E-state index contributed by atoms with van der Waals surface area (Å²) in [5, 5.41) is 2.51. The second kappa shape index (κ2) is 7.61. The molecule has 0 unspecified atom stereocenters. The van der Waals surface area contributed by atoms with Crippen LogP contribution in [-0.4, -0.2) is 32.1 Å². The predicted octanol–water partition coefficient (Wildman–Crippen LogP) is 3.14. The molecule has 0 saturated heterocycles. The summed E-state index contributed by atoms with van der Waals surface area (Å²) in [7, 11) is 1.46. The molecule has 1 heterocycles. The Bertz CT molecular complexity index is 834. The number of halogens is 2. The number of fused-ring (bicyclic) bond motifs is 1. The van der Waals surface area contributed by atoms with Crippen molar-refractivity contribution in [3.05, 3.63) is 59.2 Å². The molecule has 7 heteroatoms. The van der Waals surface area contributed by atoms with Crippen LogP contribution in [0.1, 0.15) is 22.3 Å². The Morgan fingerprint density at radius 3 is 2.62 bits per heavy atom. The van der Waals surface area contributed by atoms with Gasteiger partial charge in [0.1, 0.15) is 23.8 Å². The predicted molar refractivity (Wildman–Crippen MR) is 93.3 cm³/mol. The van der Waals surface area contributed by atoms with Crippen LogP contribution in [0.25, 0.3) is 0 Å². The summed E-state index contributed by atoms with van der Waals surface area (Å²) in [4.78, 5) is 26.0. The zero-order valence-electron chi connectivity index (χ0n) is 14.2. The van der Waals surface area contributed by atoms with E-state index in [0.29, 0.717) is 12.2 Å². The van der Waals surface area contributed by atoms with Crippen LogP contribution < -0.4 is 10.2 Å². The van der Waals surface area contributed by atoms with Crippen LogP contribution in [0.15, 0.2) is 36.4 Å². The van der Waals surface area contributed by atoms with Crippen molar-refractivity contribution in [1.29, 1.82) is 0 Å². The summed E-state index contributed by atoms with van der Waals surface area (Å²) in [5.74, 6) is -2.84. The molecule has 0 aromatic heterocycles. The topological polar surface area (TPSA) is 58.6 Å². The van der Waals surface area contributed by atoms with Crippen LogP contribution >= 0.6 is 0 Å². The van der Waals surface area contributed by atoms with Gasteiger partial charge in [-0.25, -0.2) is 8.78 Å². The van der Waals surface area contributed by atoms with Gasteiger partial charge >= 0.3 is 0 Å². The third-order valence-corrected chi connectivity index (χ3v) is 4.21. The Morgan fingerprint density at radius 2 is 1.92 bits per heavy atom. The fourth-order valence-corrected chi connectivity index (χ4v) is 3.04. The maximum absolute atomic E-state index is 13.7. The van der Waals surface area contributed by atoms with Crippen molar-refractivity contribution in [3.8, 4) is 0 Å². The Morgan fingerprint density at radius 1 is 1.19 bits per heavy atom. The normalized spacial score (nSPS) is 13.3. The van der Waals surface area contributed by atoms with Gasteiger partial charge in [0.2, 0.25) is 0 Å². The second-order valence-corrected chi connectivity index (χ2v) is 5.98. The number of amides is 2. The molecule has 0 fully saturated rings. The van der Waals surface area contributed by atoms with Gasteiger partial charge in [-0.1, -0.05) is 6.07 Å². The molecule has 2 aromatic carbocycles. The molecule has 136 valence electrons. The average Bonchev–Trinajstić information content (AvgIpc) is 2.61. The van der Waals surface area contributed by atoms with Crippen LogP contribution in [0.3, 0.4) is 0 Å². The van der Waals surface area contributed by atoms with Gasteiger partial charge in [-0.15, -0.1) is 0 Å². The first-order chi connectivity index (χ1) is 12.5. The van der Waals surface area contributed by atoms with Gasteiger partial charge < -0.3 is 15.0 Å². The number of nitrogens with one attached hydrogen (secondary N) is 1. The SMILES string of the molecule is COCC(=O)N1CCCc2cc(NC(=O)c3c(F)cccc3F)ccc21. The van der Waals surface area contributed by atoms with E-state index in [1.807, 2.05) is 0 Å². The molecule has 1 N–H and O–H groups in total. The largest absolute Gasteiger partial charge is 0.375 e. The summed E-state index contributed by atoms with van der Waals surface area (Å²) in [6.45, 7) is 0.589. The number of hydrogen-bond acceptors (Lipinski definition) is 3. The highest BCUT2D eigenvalue weighted by atomic mass is 19.1. The highest BCUT2D eigenvalue weighted by Crippen LogP contribution is 2.30. The number of carbonyl (C=O) groups excluding carboxylic acids is 2. The molecule has 5 nitrogen and oxygen atoms in total. The monoisotopic (exact) mass is 360 g/mol. The molecule has 0 bridgehead atoms. The van der Waals surface area contributed by atoms with Gasteiger partial charge in [0.05, 0.1) is 0 Å². The lowest BCUT2D eigenvalue weighted by Gasteiger charge is -2.29.